The number of carbonyl (C=O) groups is 1. The molecule has 2 rings (SSSR count). The van der Waals surface area contributed by atoms with E-state index in [2.05, 4.69) is 10.6 Å². The molecule has 3 nitrogen and oxygen atoms in total. The summed E-state index contributed by atoms with van der Waals surface area (Å²) in [7, 11) is 0. The maximum Gasteiger partial charge on any atom is 0.220 e. The van der Waals surface area contributed by atoms with Gasteiger partial charge in [-0.1, -0.05) is 12.1 Å². The smallest absolute Gasteiger partial charge is 0.220 e. The van der Waals surface area contributed by atoms with Gasteiger partial charge in [0.1, 0.15) is 5.82 Å². The predicted molar refractivity (Wildman–Crippen MR) is 82.5 cm³/mol. The number of piperidine rings is 1. The summed E-state index contributed by atoms with van der Waals surface area (Å²) in [5.74, 6) is 0.551. The lowest BCUT2D eigenvalue weighted by Gasteiger charge is -2.22. The summed E-state index contributed by atoms with van der Waals surface area (Å²) in [6.07, 6.45) is 3.95. The van der Waals surface area contributed by atoms with Crippen LogP contribution in [0.5, 0.6) is 0 Å². The molecule has 1 amide bonds. The molecule has 1 aromatic carbocycles. The SMILES string of the molecule is Cc1cc(CNC(=O)CCC2CCCNC2)cc(C)c1F. The van der Waals surface area contributed by atoms with Crippen molar-refractivity contribution >= 4 is 5.91 Å². The summed E-state index contributed by atoms with van der Waals surface area (Å²) < 4.78 is 13.5. The van der Waals surface area contributed by atoms with E-state index in [0.29, 0.717) is 30.0 Å². The molecule has 2 N–H and O–H groups in total. The molecular weight excluding hydrogens is 267 g/mol. The van der Waals surface area contributed by atoms with Gasteiger partial charge in [0, 0.05) is 13.0 Å². The number of aryl methyl sites for hydroxylation is 2. The lowest BCUT2D eigenvalue weighted by molar-refractivity contribution is -0.121. The molecule has 0 radical (unpaired) electrons. The first-order chi connectivity index (χ1) is 10.1. The molecule has 0 saturated carbocycles. The second-order valence-electron chi connectivity index (χ2n) is 6.07. The van der Waals surface area contributed by atoms with Crippen LogP contribution in [0.25, 0.3) is 0 Å². The van der Waals surface area contributed by atoms with Crippen molar-refractivity contribution in [3.8, 4) is 0 Å². The third kappa shape index (κ3) is 4.81. The van der Waals surface area contributed by atoms with Gasteiger partial charge in [0.2, 0.25) is 5.91 Å². The number of hydrogen-bond acceptors (Lipinski definition) is 2. The van der Waals surface area contributed by atoms with Crippen molar-refractivity contribution in [1.82, 2.24) is 10.6 Å². The maximum absolute atomic E-state index is 13.5. The summed E-state index contributed by atoms with van der Waals surface area (Å²) in [4.78, 5) is 11.9. The second-order valence-corrected chi connectivity index (χ2v) is 6.07. The molecule has 0 bridgehead atoms. The molecule has 0 aliphatic carbocycles. The summed E-state index contributed by atoms with van der Waals surface area (Å²) in [5.41, 5.74) is 2.22. The standard InChI is InChI=1S/C17H25FN2O/c1-12-8-15(9-13(2)17(12)18)11-20-16(21)6-5-14-4-3-7-19-10-14/h8-9,14,19H,3-7,10-11H2,1-2H3,(H,20,21). The minimum Gasteiger partial charge on any atom is -0.352 e. The Morgan fingerprint density at radius 3 is 2.71 bits per heavy atom. The van der Waals surface area contributed by atoms with Gasteiger partial charge in [-0.15, -0.1) is 0 Å². The Balaban J connectivity index is 1.75. The van der Waals surface area contributed by atoms with E-state index in [9.17, 15) is 9.18 Å². The number of nitrogens with one attached hydrogen (secondary N) is 2. The largest absolute Gasteiger partial charge is 0.352 e. The number of halogens is 1. The first-order valence-corrected chi connectivity index (χ1v) is 7.79. The van der Waals surface area contributed by atoms with E-state index in [-0.39, 0.29) is 11.7 Å². The molecule has 1 aromatic rings. The highest BCUT2D eigenvalue weighted by atomic mass is 19.1. The van der Waals surface area contributed by atoms with E-state index in [1.807, 2.05) is 0 Å². The van der Waals surface area contributed by atoms with Crippen molar-refractivity contribution in [3.05, 3.63) is 34.6 Å². The molecule has 1 aliphatic heterocycles. The molecule has 1 aliphatic rings. The van der Waals surface area contributed by atoms with Crippen LogP contribution in [-0.4, -0.2) is 19.0 Å². The zero-order valence-corrected chi connectivity index (χ0v) is 13.0. The Labute approximate surface area is 126 Å². The monoisotopic (exact) mass is 292 g/mol. The van der Waals surface area contributed by atoms with Crippen LogP contribution >= 0.6 is 0 Å². The minimum absolute atomic E-state index is 0.0835. The van der Waals surface area contributed by atoms with Crippen molar-refractivity contribution in [2.24, 2.45) is 5.92 Å². The molecule has 21 heavy (non-hydrogen) atoms. The summed E-state index contributed by atoms with van der Waals surface area (Å²) in [6, 6.07) is 3.60. The average molecular weight is 292 g/mol. The Kier molecular flexibility index (Phi) is 5.74. The van der Waals surface area contributed by atoms with Crippen LogP contribution in [0.4, 0.5) is 4.39 Å². The van der Waals surface area contributed by atoms with E-state index >= 15 is 0 Å². The molecule has 1 unspecified atom stereocenters. The fourth-order valence-electron chi connectivity index (χ4n) is 2.93. The van der Waals surface area contributed by atoms with E-state index in [1.165, 1.54) is 12.8 Å². The molecule has 0 aromatic heterocycles. The second kappa shape index (κ2) is 7.55. The highest BCUT2D eigenvalue weighted by molar-refractivity contribution is 5.75. The molecule has 4 heteroatoms. The molecule has 0 spiro atoms. The van der Waals surface area contributed by atoms with E-state index in [0.717, 1.165) is 25.1 Å². The van der Waals surface area contributed by atoms with E-state index in [4.69, 9.17) is 0 Å². The normalized spacial score (nSPS) is 18.5. The number of carbonyl (C=O) groups excluding carboxylic acids is 1. The van der Waals surface area contributed by atoms with Crippen LogP contribution in [0, 0.1) is 25.6 Å². The summed E-state index contributed by atoms with van der Waals surface area (Å²) in [6.45, 7) is 6.12. The van der Waals surface area contributed by atoms with Crippen LogP contribution in [0.3, 0.4) is 0 Å². The fourth-order valence-corrected chi connectivity index (χ4v) is 2.93. The van der Waals surface area contributed by atoms with Crippen LogP contribution in [0.15, 0.2) is 12.1 Å². The topological polar surface area (TPSA) is 41.1 Å². The average Bonchev–Trinajstić information content (AvgIpc) is 2.49. The van der Waals surface area contributed by atoms with Crippen LogP contribution in [-0.2, 0) is 11.3 Å². The molecule has 1 atom stereocenters. The van der Waals surface area contributed by atoms with Gasteiger partial charge in [-0.2, -0.15) is 0 Å². The van der Waals surface area contributed by atoms with Gasteiger partial charge in [-0.25, -0.2) is 4.39 Å². The fraction of sp³-hybridized carbons (Fsp3) is 0.588. The third-order valence-corrected chi connectivity index (χ3v) is 4.16. The van der Waals surface area contributed by atoms with Crippen molar-refractivity contribution in [3.63, 3.8) is 0 Å². The Morgan fingerprint density at radius 1 is 1.38 bits per heavy atom. The third-order valence-electron chi connectivity index (χ3n) is 4.16. The Hall–Kier alpha value is -1.42. The van der Waals surface area contributed by atoms with Gasteiger partial charge in [0.15, 0.2) is 0 Å². The summed E-state index contributed by atoms with van der Waals surface area (Å²) >= 11 is 0. The highest BCUT2D eigenvalue weighted by Crippen LogP contribution is 2.16. The van der Waals surface area contributed by atoms with Crippen molar-refractivity contribution in [2.45, 2.75) is 46.1 Å². The first-order valence-electron chi connectivity index (χ1n) is 7.79. The van der Waals surface area contributed by atoms with Gasteiger partial charge in [-0.05, 0) is 68.8 Å². The van der Waals surface area contributed by atoms with Crippen molar-refractivity contribution < 1.29 is 9.18 Å². The van der Waals surface area contributed by atoms with Gasteiger partial charge in [-0.3, -0.25) is 4.79 Å². The zero-order chi connectivity index (χ0) is 15.2. The highest BCUT2D eigenvalue weighted by Gasteiger charge is 2.14. The molecular formula is C17H25FN2O. The van der Waals surface area contributed by atoms with Gasteiger partial charge >= 0.3 is 0 Å². The predicted octanol–water partition coefficient (Wildman–Crippen LogP) is 2.84. The van der Waals surface area contributed by atoms with Crippen LogP contribution in [0.1, 0.15) is 42.4 Å². The molecule has 1 saturated heterocycles. The quantitative estimate of drug-likeness (QED) is 0.876. The van der Waals surface area contributed by atoms with Crippen molar-refractivity contribution in [2.75, 3.05) is 13.1 Å². The first kappa shape index (κ1) is 16.0. The number of hydrogen-bond donors (Lipinski definition) is 2. The minimum atomic E-state index is -0.158. The van der Waals surface area contributed by atoms with Gasteiger partial charge in [0.25, 0.3) is 0 Å². The van der Waals surface area contributed by atoms with E-state index < -0.39 is 0 Å². The maximum atomic E-state index is 13.5. The van der Waals surface area contributed by atoms with E-state index in [1.54, 1.807) is 26.0 Å². The molecule has 116 valence electrons. The number of rotatable bonds is 5. The lowest BCUT2D eigenvalue weighted by atomic mass is 9.94. The molecule has 1 fully saturated rings. The van der Waals surface area contributed by atoms with Gasteiger partial charge < -0.3 is 10.6 Å². The number of amides is 1. The van der Waals surface area contributed by atoms with Gasteiger partial charge in [0.05, 0.1) is 0 Å². The Morgan fingerprint density at radius 2 is 2.10 bits per heavy atom. The van der Waals surface area contributed by atoms with Crippen LogP contribution < -0.4 is 10.6 Å². The van der Waals surface area contributed by atoms with Crippen molar-refractivity contribution in [1.29, 1.82) is 0 Å². The Bertz CT molecular complexity index is 473. The summed E-state index contributed by atoms with van der Waals surface area (Å²) in [5, 5.41) is 6.30. The van der Waals surface area contributed by atoms with Crippen LogP contribution in [0.2, 0.25) is 0 Å². The number of benzene rings is 1. The lowest BCUT2D eigenvalue weighted by Crippen LogP contribution is -2.31. The molecule has 1 heterocycles. The zero-order valence-electron chi connectivity index (χ0n) is 13.0.